The van der Waals surface area contributed by atoms with Crippen molar-refractivity contribution in [1.29, 1.82) is 0 Å². The summed E-state index contributed by atoms with van der Waals surface area (Å²) in [5.74, 6) is 0. The standard InChI is InChI=1S/Al.Fe.H3O5P.H2O.3H/c;;1-6(2,3)4-5-6;;;;/h;;1-3H;1H2;;;. The molecule has 1 aliphatic heterocycles. The fourth-order valence-corrected chi connectivity index (χ4v) is 0.402. The van der Waals surface area contributed by atoms with E-state index in [4.69, 9.17) is 14.7 Å². The van der Waals surface area contributed by atoms with Gasteiger partial charge in [-0.1, -0.05) is 0 Å². The van der Waals surface area contributed by atoms with Gasteiger partial charge in [-0.3, -0.25) is 0 Å². The summed E-state index contributed by atoms with van der Waals surface area (Å²) < 4.78 is 6.76. The van der Waals surface area contributed by atoms with Gasteiger partial charge < -0.3 is 5.48 Å². The van der Waals surface area contributed by atoms with Crippen LogP contribution in [0.3, 0.4) is 0 Å². The van der Waals surface area contributed by atoms with Gasteiger partial charge in [-0.25, -0.2) is 0 Å². The Balaban J connectivity index is -0.000000120. The molecule has 9 heavy (non-hydrogen) atoms. The van der Waals surface area contributed by atoms with Crippen molar-refractivity contribution in [3.05, 3.63) is 0 Å². The van der Waals surface area contributed by atoms with E-state index in [1.165, 1.54) is 0 Å². The van der Waals surface area contributed by atoms with Crippen molar-refractivity contribution in [3.63, 3.8) is 0 Å². The first kappa shape index (κ1) is 16.7. The SMILES string of the molecule is O.OP1(O)(O)OO1.[AlH3].[Fe]. The average molecular weight is 218 g/mol. The molecule has 0 saturated carbocycles. The molecule has 5 N–H and O–H groups in total. The van der Waals surface area contributed by atoms with E-state index >= 15 is 0 Å². The molecule has 0 aromatic carbocycles. The maximum absolute atomic E-state index is 7.89. The minimum atomic E-state index is -4.80. The molecule has 0 bridgehead atoms. The van der Waals surface area contributed by atoms with Crippen molar-refractivity contribution in [2.24, 2.45) is 0 Å². The molecule has 0 radical (unpaired) electrons. The molecular formula is H8AlFeO6P. The second-order valence-corrected chi connectivity index (χ2v) is 2.95. The summed E-state index contributed by atoms with van der Waals surface area (Å²) in [4.78, 5) is 23.7. The predicted octanol–water partition coefficient (Wildman–Crippen LogP) is -2.96. The van der Waals surface area contributed by atoms with Crippen LogP contribution in [-0.4, -0.2) is 37.5 Å². The van der Waals surface area contributed by atoms with Crippen LogP contribution in [-0.2, 0) is 26.4 Å². The van der Waals surface area contributed by atoms with Crippen molar-refractivity contribution < 1.29 is 46.6 Å². The molecule has 0 unspecified atom stereocenters. The summed E-state index contributed by atoms with van der Waals surface area (Å²) in [5.41, 5.74) is 0. The third-order valence-electron chi connectivity index (χ3n) is 0.275. The van der Waals surface area contributed by atoms with Gasteiger partial charge in [0.05, 0.1) is 0 Å². The van der Waals surface area contributed by atoms with E-state index in [1.807, 2.05) is 0 Å². The Kier molecular flexibility index (Phi) is 6.64. The molecule has 6 nitrogen and oxygen atoms in total. The minimum Gasteiger partial charge on any atom is 0 e. The van der Waals surface area contributed by atoms with Crippen LogP contribution in [0, 0.1) is 0 Å². The van der Waals surface area contributed by atoms with E-state index in [0.717, 1.165) is 0 Å². The van der Waals surface area contributed by atoms with E-state index in [2.05, 4.69) is 9.35 Å². The van der Waals surface area contributed by atoms with Gasteiger partial charge in [0, 0.05) is 17.1 Å². The first-order chi connectivity index (χ1) is 2.47. The summed E-state index contributed by atoms with van der Waals surface area (Å²) >= 11 is 0. The Hall–Kier alpha value is 1.24. The summed E-state index contributed by atoms with van der Waals surface area (Å²) in [6, 6.07) is 0. The Morgan fingerprint density at radius 1 is 1.00 bits per heavy atom. The molecule has 1 saturated heterocycles. The fourth-order valence-electron chi connectivity index (χ4n) is 0.0447. The topological polar surface area (TPSA) is 117 Å². The first-order valence-corrected chi connectivity index (χ1v) is 3.06. The van der Waals surface area contributed by atoms with Gasteiger partial charge in [0.2, 0.25) is 0 Å². The van der Waals surface area contributed by atoms with E-state index < -0.39 is 7.74 Å². The molecule has 1 aliphatic rings. The van der Waals surface area contributed by atoms with Gasteiger partial charge in [0.25, 0.3) is 0 Å². The molecule has 1 rings (SSSR count). The van der Waals surface area contributed by atoms with Crippen LogP contribution in [0.4, 0.5) is 0 Å². The van der Waals surface area contributed by atoms with Crippen molar-refractivity contribution in [1.82, 2.24) is 0 Å². The monoisotopic (exact) mass is 218 g/mol. The molecule has 0 aromatic heterocycles. The van der Waals surface area contributed by atoms with Crippen molar-refractivity contribution in [2.75, 3.05) is 0 Å². The van der Waals surface area contributed by atoms with E-state index in [-0.39, 0.29) is 39.9 Å². The smallest absolute Gasteiger partial charge is 0 e. The molecule has 0 amide bonds. The number of hydrogen-bond acceptors (Lipinski definition) is 5. The Bertz CT molecular complexity index is 76.8. The predicted molar refractivity (Wildman–Crippen MR) is 29.3 cm³/mol. The molecule has 60 valence electrons. The van der Waals surface area contributed by atoms with Crippen LogP contribution in [0.2, 0.25) is 0 Å². The Morgan fingerprint density at radius 3 is 1.11 bits per heavy atom. The molecule has 9 heteroatoms. The Labute approximate surface area is 72.0 Å². The zero-order valence-electron chi connectivity index (χ0n) is 3.46. The molecule has 1 fully saturated rings. The normalized spacial score (nSPS) is 28.6. The van der Waals surface area contributed by atoms with Crippen LogP contribution >= 0.6 is 7.74 Å². The van der Waals surface area contributed by atoms with Crippen LogP contribution in [0.25, 0.3) is 0 Å². The average Bonchev–Trinajstić information content (AvgIpc) is 1.73. The van der Waals surface area contributed by atoms with Crippen molar-refractivity contribution in [3.8, 4) is 0 Å². The Morgan fingerprint density at radius 2 is 1.11 bits per heavy atom. The third kappa shape index (κ3) is 7.14. The molecule has 0 atom stereocenters. The van der Waals surface area contributed by atoms with Crippen molar-refractivity contribution in [2.45, 2.75) is 0 Å². The van der Waals surface area contributed by atoms with Gasteiger partial charge >= 0.3 is 31.8 Å². The minimum absolute atomic E-state index is 0. The molecule has 1 heterocycles. The molecule has 0 aliphatic carbocycles. The van der Waals surface area contributed by atoms with E-state index in [0.29, 0.717) is 0 Å². The summed E-state index contributed by atoms with van der Waals surface area (Å²) in [7, 11) is -4.80. The van der Waals surface area contributed by atoms with Crippen molar-refractivity contribution >= 4 is 25.1 Å². The van der Waals surface area contributed by atoms with E-state index in [1.54, 1.807) is 0 Å². The maximum atomic E-state index is 7.89. The first-order valence-electron chi connectivity index (χ1n) is 1.13. The third-order valence-corrected chi connectivity index (χ3v) is 0.824. The zero-order valence-corrected chi connectivity index (χ0v) is 5.46. The molecule has 0 spiro atoms. The van der Waals surface area contributed by atoms with Crippen LogP contribution < -0.4 is 0 Å². The maximum Gasteiger partial charge on any atom is 0.187 e. The summed E-state index contributed by atoms with van der Waals surface area (Å²) in [6.07, 6.45) is 0. The number of rotatable bonds is 0. The zero-order chi connectivity index (χ0) is 4.86. The van der Waals surface area contributed by atoms with Gasteiger partial charge in [-0.2, -0.15) is 0 Å². The van der Waals surface area contributed by atoms with E-state index in [9.17, 15) is 0 Å². The van der Waals surface area contributed by atoms with Gasteiger partial charge in [-0.05, 0) is 0 Å². The second-order valence-electron chi connectivity index (χ2n) is 0.982. The fraction of sp³-hybridized carbons (Fsp3) is 0. The second kappa shape index (κ2) is 3.58. The van der Waals surface area contributed by atoms with Gasteiger partial charge in [0.15, 0.2) is 17.4 Å². The molecular weight excluding hydrogens is 210 g/mol. The largest absolute Gasteiger partial charge is 0.187 e. The van der Waals surface area contributed by atoms with Gasteiger partial charge in [-0.15, -0.1) is 0 Å². The van der Waals surface area contributed by atoms with Crippen LogP contribution in [0.15, 0.2) is 0 Å². The van der Waals surface area contributed by atoms with Crippen LogP contribution in [0.1, 0.15) is 0 Å². The number of hydrogen-bond donors (Lipinski definition) is 3. The van der Waals surface area contributed by atoms with Gasteiger partial charge in [0.1, 0.15) is 0 Å². The van der Waals surface area contributed by atoms with Crippen LogP contribution in [0.5, 0.6) is 0 Å². The summed E-state index contributed by atoms with van der Waals surface area (Å²) in [5, 5.41) is 0. The summed E-state index contributed by atoms with van der Waals surface area (Å²) in [6.45, 7) is 0. The molecule has 0 aromatic rings. The quantitative estimate of drug-likeness (QED) is 0.174.